The Morgan fingerprint density at radius 2 is 0.814 bits per heavy atom. The number of Topliss-reactive ketones (excluding diaryl/α,β-unsaturated/α-hetero) is 2. The van der Waals surface area contributed by atoms with Gasteiger partial charge in [-0.3, -0.25) is 9.59 Å². The number of ether oxygens (including phenoxy) is 4. The van der Waals surface area contributed by atoms with E-state index in [1.54, 1.807) is 13.8 Å². The number of aliphatic hydroxyl groups is 2. The van der Waals surface area contributed by atoms with Crippen LogP contribution in [0.5, 0.6) is 0 Å². The second-order valence-corrected chi connectivity index (χ2v) is 8.16. The molecule has 0 amide bonds. The maximum absolute atomic E-state index is 12.2. The van der Waals surface area contributed by atoms with Gasteiger partial charge in [-0.1, -0.05) is 24.3 Å². The van der Waals surface area contributed by atoms with Crippen molar-refractivity contribution in [3.8, 4) is 0 Å². The minimum Gasteiger partial charge on any atom is -0.512 e. The Bertz CT molecular complexity index is 1270. The summed E-state index contributed by atoms with van der Waals surface area (Å²) in [5, 5.41) is 19.0. The number of esters is 4. The molecule has 0 bridgehead atoms. The van der Waals surface area contributed by atoms with Gasteiger partial charge in [-0.05, 0) is 52.0 Å². The van der Waals surface area contributed by atoms with E-state index >= 15 is 0 Å². The van der Waals surface area contributed by atoms with Gasteiger partial charge in [0.05, 0.1) is 38.6 Å². The first-order valence-corrected chi connectivity index (χ1v) is 12.4. The number of methoxy groups -OCH3 is 2. The van der Waals surface area contributed by atoms with Gasteiger partial charge in [0.2, 0.25) is 11.6 Å². The Balaban J connectivity index is 0.000000802. The van der Waals surface area contributed by atoms with Crippen LogP contribution in [0.1, 0.15) is 69.1 Å². The number of hydrogen-bond donors (Lipinski definition) is 2. The Kier molecular flexibility index (Phi) is 16.6. The molecule has 2 aromatic rings. The van der Waals surface area contributed by atoms with Crippen LogP contribution in [0, 0.1) is 0 Å². The summed E-state index contributed by atoms with van der Waals surface area (Å²) in [6, 6.07) is 11.1. The summed E-state index contributed by atoms with van der Waals surface area (Å²) in [6.45, 7) is 5.82. The van der Waals surface area contributed by atoms with Crippen molar-refractivity contribution in [2.45, 2.75) is 27.7 Å². The number of rotatable bonds is 10. The summed E-state index contributed by atoms with van der Waals surface area (Å²) in [4.78, 5) is 70.4. The summed E-state index contributed by atoms with van der Waals surface area (Å²) in [5.41, 5.74) is -0.00332. The molecule has 2 rings (SSSR count). The number of carbonyl (C=O) groups is 6. The van der Waals surface area contributed by atoms with Crippen LogP contribution in [-0.4, -0.2) is 73.1 Å². The molecule has 12 nitrogen and oxygen atoms in total. The summed E-state index contributed by atoms with van der Waals surface area (Å²) in [5.74, 6) is -5.04. The second kappa shape index (κ2) is 18.6. The Labute approximate surface area is 258 Å². The molecule has 0 spiro atoms. The smallest absolute Gasteiger partial charge is 0.345 e. The number of carbonyl (C=O) groups excluding carboxylic acids is 6. The summed E-state index contributed by atoms with van der Waals surface area (Å²) in [7, 11) is 2.50. The van der Waals surface area contributed by atoms with Crippen LogP contribution >= 0.6 is 0 Å². The first kappa shape index (κ1) is 38.3. The third-order valence-electron chi connectivity index (χ3n) is 5.27. The monoisotopic (exact) mass is 647 g/mol. The molecule has 1 radical (unpaired) electrons. The first-order valence-electron chi connectivity index (χ1n) is 12.4. The van der Waals surface area contributed by atoms with Gasteiger partial charge in [0.25, 0.3) is 0 Å². The molecule has 2 N–H and O–H groups in total. The van der Waals surface area contributed by atoms with E-state index in [1.807, 2.05) is 0 Å². The predicted molar refractivity (Wildman–Crippen MR) is 148 cm³/mol. The van der Waals surface area contributed by atoms with Gasteiger partial charge in [0, 0.05) is 28.2 Å². The van der Waals surface area contributed by atoms with Gasteiger partial charge in [-0.15, -0.1) is 0 Å². The molecule has 2 aromatic carbocycles. The van der Waals surface area contributed by atoms with Crippen LogP contribution in [0.2, 0.25) is 0 Å². The average Bonchev–Trinajstić information content (AvgIpc) is 2.96. The van der Waals surface area contributed by atoms with E-state index in [9.17, 15) is 39.0 Å². The molecule has 0 unspecified atom stereocenters. The molecule has 0 aromatic heterocycles. The third kappa shape index (κ3) is 10.9. The predicted octanol–water partition coefficient (Wildman–Crippen LogP) is 4.10. The van der Waals surface area contributed by atoms with Crippen molar-refractivity contribution in [1.29, 1.82) is 0 Å². The average molecular weight is 648 g/mol. The Morgan fingerprint density at radius 1 is 0.558 bits per heavy atom. The topological polar surface area (TPSA) is 180 Å². The van der Waals surface area contributed by atoms with Crippen LogP contribution in [-0.2, 0) is 45.6 Å². The van der Waals surface area contributed by atoms with E-state index in [4.69, 9.17) is 9.47 Å². The number of ketones is 2. The van der Waals surface area contributed by atoms with Crippen LogP contribution in [0.15, 0.2) is 71.2 Å². The van der Waals surface area contributed by atoms with Crippen LogP contribution in [0.3, 0.4) is 0 Å². The molecule has 0 aliphatic rings. The van der Waals surface area contributed by atoms with Crippen molar-refractivity contribution in [2.75, 3.05) is 27.4 Å². The fourth-order valence-corrected chi connectivity index (χ4v) is 3.26. The molecule has 0 fully saturated rings. The maximum Gasteiger partial charge on any atom is 0.345 e. The van der Waals surface area contributed by atoms with Crippen molar-refractivity contribution in [2.24, 2.45) is 0 Å². The fourth-order valence-electron chi connectivity index (χ4n) is 3.26. The van der Waals surface area contributed by atoms with Gasteiger partial charge in [-0.25, -0.2) is 19.2 Å². The number of benzene rings is 2. The zero-order chi connectivity index (χ0) is 32.0. The van der Waals surface area contributed by atoms with Crippen molar-refractivity contribution in [3.05, 3.63) is 93.4 Å². The molecule has 43 heavy (non-hydrogen) atoms. The molecule has 13 heteroatoms. The number of hydrogen-bond acceptors (Lipinski definition) is 12. The molecule has 0 aliphatic heterocycles. The molecule has 0 saturated heterocycles. The quantitative estimate of drug-likeness (QED) is 0.0552. The Morgan fingerprint density at radius 3 is 1.02 bits per heavy atom. The third-order valence-corrected chi connectivity index (χ3v) is 5.27. The standard InChI is InChI=1S/2C15H16O6.Cu/c2*1-4-21-15(19)12(9(2)16)13(17)10-5-7-11(8-6-10)14(18)20-3;/h2*5-8,16H,4H2,1-3H3;/b2*12-9+;. The summed E-state index contributed by atoms with van der Waals surface area (Å²) >= 11 is 0. The zero-order valence-corrected chi connectivity index (χ0v) is 25.3. The van der Waals surface area contributed by atoms with E-state index in [0.29, 0.717) is 0 Å². The van der Waals surface area contributed by atoms with Gasteiger partial charge in [-0.2, -0.15) is 0 Å². The van der Waals surface area contributed by atoms with Crippen molar-refractivity contribution >= 4 is 35.4 Å². The molecule has 235 valence electrons. The normalized spacial score (nSPS) is 11.1. The molecule has 0 saturated carbocycles. The van der Waals surface area contributed by atoms with E-state index in [1.165, 1.54) is 76.6 Å². The first-order chi connectivity index (χ1) is 19.8. The molecule has 0 heterocycles. The van der Waals surface area contributed by atoms with Crippen molar-refractivity contribution in [3.63, 3.8) is 0 Å². The molecule has 0 atom stereocenters. The fraction of sp³-hybridized carbons (Fsp3) is 0.267. The van der Waals surface area contributed by atoms with Gasteiger partial charge >= 0.3 is 23.9 Å². The largest absolute Gasteiger partial charge is 0.512 e. The Hall–Kier alpha value is -4.74. The van der Waals surface area contributed by atoms with Crippen LogP contribution in [0.4, 0.5) is 0 Å². The van der Waals surface area contributed by atoms with E-state index in [0.717, 1.165) is 0 Å². The summed E-state index contributed by atoms with van der Waals surface area (Å²) < 4.78 is 18.6. The van der Waals surface area contributed by atoms with E-state index < -0.39 is 58.1 Å². The van der Waals surface area contributed by atoms with E-state index in [2.05, 4.69) is 9.47 Å². The van der Waals surface area contributed by atoms with Crippen LogP contribution in [0.25, 0.3) is 0 Å². The number of aliphatic hydroxyl groups excluding tert-OH is 2. The summed E-state index contributed by atoms with van der Waals surface area (Å²) in [6.07, 6.45) is 0. The maximum atomic E-state index is 12.2. The van der Waals surface area contributed by atoms with Gasteiger partial charge < -0.3 is 29.2 Å². The van der Waals surface area contributed by atoms with Crippen molar-refractivity contribution < 1.29 is 75.0 Å². The van der Waals surface area contributed by atoms with Gasteiger partial charge in [0.15, 0.2) is 0 Å². The van der Waals surface area contributed by atoms with Crippen molar-refractivity contribution in [1.82, 2.24) is 0 Å². The van der Waals surface area contributed by atoms with E-state index in [-0.39, 0.29) is 52.5 Å². The van der Waals surface area contributed by atoms with Gasteiger partial charge in [0.1, 0.15) is 22.7 Å². The molecular formula is C30H32CuO12. The van der Waals surface area contributed by atoms with Crippen LogP contribution < -0.4 is 0 Å². The number of allylic oxidation sites excluding steroid dienone is 2. The minimum absolute atomic E-state index is 0. The second-order valence-electron chi connectivity index (χ2n) is 8.16. The minimum atomic E-state index is -0.889. The SMILES string of the molecule is CCOC(=O)/C(C(=O)c1ccc(C(=O)OC)cc1)=C(\C)O.CCOC(=O)/C(C(=O)c1ccc(C(=O)OC)cc1)=C(\C)O.[Cu]. The molecular weight excluding hydrogens is 616 g/mol. The molecule has 0 aliphatic carbocycles. The zero-order valence-electron chi connectivity index (χ0n) is 24.3.